The Balaban J connectivity index is 3.19. The third-order valence-corrected chi connectivity index (χ3v) is 1.25. The highest BCUT2D eigenvalue weighted by Crippen LogP contribution is 2.12. The first-order chi connectivity index (χ1) is 5.09. The quantitative estimate of drug-likeness (QED) is 0.663. The third kappa shape index (κ3) is 1.81. The van der Waals surface area contributed by atoms with Gasteiger partial charge in [0, 0.05) is 5.02 Å². The van der Waals surface area contributed by atoms with Gasteiger partial charge in [0.15, 0.2) is 5.69 Å². The van der Waals surface area contributed by atoms with E-state index in [-0.39, 0.29) is 16.5 Å². The number of nitrogens with zero attached hydrogens (tertiary/aromatic N) is 1. The summed E-state index contributed by atoms with van der Waals surface area (Å²) in [6.07, 6.45) is 0. The molecule has 1 rings (SSSR count). The lowest BCUT2D eigenvalue weighted by molar-refractivity contribution is 0.0690. The molecule has 0 spiro atoms. The Morgan fingerprint density at radius 1 is 1.64 bits per heavy atom. The van der Waals surface area contributed by atoms with Gasteiger partial charge in [0.05, 0.1) is 0 Å². The fraction of sp³-hybridized carbons (Fsp3) is 0. The predicted molar refractivity (Wildman–Crippen MR) is 40.6 cm³/mol. The number of carbonyl (C=O) groups is 1. The number of anilines is 1. The lowest BCUT2D eigenvalue weighted by Crippen LogP contribution is -2.02. The molecule has 3 N–H and O–H groups in total. The molecule has 0 amide bonds. The topological polar surface area (TPSA) is 76.2 Å². The minimum absolute atomic E-state index is 0.106. The van der Waals surface area contributed by atoms with E-state index in [1.807, 2.05) is 0 Å². The van der Waals surface area contributed by atoms with Crippen molar-refractivity contribution in [2.75, 3.05) is 5.73 Å². The van der Waals surface area contributed by atoms with E-state index in [1.165, 1.54) is 12.1 Å². The van der Waals surface area contributed by atoms with Crippen LogP contribution in [0.15, 0.2) is 12.1 Å². The van der Waals surface area contributed by atoms with Crippen molar-refractivity contribution in [1.82, 2.24) is 4.98 Å². The van der Waals surface area contributed by atoms with Gasteiger partial charge in [-0.25, -0.2) is 9.78 Å². The average Bonchev–Trinajstić information content (AvgIpc) is 1.85. The van der Waals surface area contributed by atoms with Crippen LogP contribution in [0.3, 0.4) is 0 Å². The Hall–Kier alpha value is -1.29. The molecule has 0 atom stereocenters. The Bertz CT molecular complexity index is 280. The smallest absolute Gasteiger partial charge is 0.354 e. The Morgan fingerprint density at radius 2 is 2.27 bits per heavy atom. The highest BCUT2D eigenvalue weighted by Gasteiger charge is 2.05. The van der Waals surface area contributed by atoms with Gasteiger partial charge in [0.1, 0.15) is 5.82 Å². The van der Waals surface area contributed by atoms with Gasteiger partial charge >= 0.3 is 5.97 Å². The number of pyridine rings is 1. The van der Waals surface area contributed by atoms with Gasteiger partial charge in [-0.1, -0.05) is 11.6 Å². The van der Waals surface area contributed by atoms with Crippen molar-refractivity contribution < 1.29 is 9.90 Å². The number of nitrogen functional groups attached to an aromatic ring is 1. The standard InChI is InChI=1S/C6H5ClN2O2/c7-3-1-4(6(10)11)9-5(8)2-3/h1-2H,(H2,8,9)(H,10,11). The fourth-order valence-corrected chi connectivity index (χ4v) is 0.842. The molecule has 0 radical (unpaired) electrons. The van der Waals surface area contributed by atoms with E-state index in [9.17, 15) is 4.79 Å². The monoisotopic (exact) mass is 172 g/mol. The summed E-state index contributed by atoms with van der Waals surface area (Å²) in [4.78, 5) is 13.9. The average molecular weight is 173 g/mol. The zero-order valence-corrected chi connectivity index (χ0v) is 6.17. The van der Waals surface area contributed by atoms with E-state index in [1.54, 1.807) is 0 Å². The van der Waals surface area contributed by atoms with Crippen LogP contribution < -0.4 is 5.73 Å². The van der Waals surface area contributed by atoms with Crippen LogP contribution in [0.1, 0.15) is 10.5 Å². The van der Waals surface area contributed by atoms with Crippen molar-refractivity contribution in [1.29, 1.82) is 0 Å². The minimum Gasteiger partial charge on any atom is -0.477 e. The number of aromatic nitrogens is 1. The second-order valence-corrected chi connectivity index (χ2v) is 2.34. The molecule has 0 aliphatic heterocycles. The Kier molecular flexibility index (Phi) is 1.96. The van der Waals surface area contributed by atoms with Crippen LogP contribution >= 0.6 is 11.6 Å². The molecular formula is C6H5ClN2O2. The first-order valence-electron chi connectivity index (χ1n) is 2.76. The highest BCUT2D eigenvalue weighted by molar-refractivity contribution is 6.31. The number of carboxylic acid groups (broad SMARTS) is 1. The summed E-state index contributed by atoms with van der Waals surface area (Å²) < 4.78 is 0. The second-order valence-electron chi connectivity index (χ2n) is 1.90. The second kappa shape index (κ2) is 2.75. The molecule has 0 fully saturated rings. The molecule has 1 aromatic heterocycles. The summed E-state index contributed by atoms with van der Waals surface area (Å²) in [6.45, 7) is 0. The Morgan fingerprint density at radius 3 is 2.73 bits per heavy atom. The van der Waals surface area contributed by atoms with Crippen LogP contribution in [-0.4, -0.2) is 16.1 Å². The third-order valence-electron chi connectivity index (χ3n) is 1.03. The SMILES string of the molecule is Nc1cc(Cl)cc(C(=O)O)n1. The van der Waals surface area contributed by atoms with Crippen LogP contribution in [-0.2, 0) is 0 Å². The maximum Gasteiger partial charge on any atom is 0.354 e. The van der Waals surface area contributed by atoms with E-state index < -0.39 is 5.97 Å². The zero-order valence-electron chi connectivity index (χ0n) is 5.41. The number of hydrogen-bond acceptors (Lipinski definition) is 3. The molecule has 1 heterocycles. The van der Waals surface area contributed by atoms with E-state index >= 15 is 0 Å². The molecule has 0 bridgehead atoms. The lowest BCUT2D eigenvalue weighted by atomic mass is 10.3. The molecule has 0 aromatic carbocycles. The molecule has 0 unspecified atom stereocenters. The number of hydrogen-bond donors (Lipinski definition) is 2. The van der Waals surface area contributed by atoms with E-state index in [2.05, 4.69) is 4.98 Å². The summed E-state index contributed by atoms with van der Waals surface area (Å²) in [5.74, 6) is -1.03. The van der Waals surface area contributed by atoms with Gasteiger partial charge in [0.25, 0.3) is 0 Å². The maximum atomic E-state index is 10.3. The van der Waals surface area contributed by atoms with Crippen molar-refractivity contribution in [2.24, 2.45) is 0 Å². The van der Waals surface area contributed by atoms with E-state index in [0.29, 0.717) is 0 Å². The van der Waals surface area contributed by atoms with Gasteiger partial charge in [-0.2, -0.15) is 0 Å². The fourth-order valence-electron chi connectivity index (χ4n) is 0.627. The number of aromatic carboxylic acids is 1. The van der Waals surface area contributed by atoms with Crippen molar-refractivity contribution in [3.63, 3.8) is 0 Å². The normalized spacial score (nSPS) is 9.55. The summed E-state index contributed by atoms with van der Waals surface area (Å²) in [5, 5.41) is 8.73. The van der Waals surface area contributed by atoms with Gasteiger partial charge in [-0.05, 0) is 12.1 Å². The van der Waals surface area contributed by atoms with E-state index in [4.69, 9.17) is 22.4 Å². The Labute approximate surface area is 67.6 Å². The number of carboxylic acids is 1. The van der Waals surface area contributed by atoms with Gasteiger partial charge < -0.3 is 10.8 Å². The van der Waals surface area contributed by atoms with Crippen LogP contribution in [0.4, 0.5) is 5.82 Å². The van der Waals surface area contributed by atoms with Gasteiger partial charge in [-0.15, -0.1) is 0 Å². The van der Waals surface area contributed by atoms with Crippen molar-refractivity contribution in [3.8, 4) is 0 Å². The highest BCUT2D eigenvalue weighted by atomic mass is 35.5. The molecule has 5 heteroatoms. The zero-order chi connectivity index (χ0) is 8.43. The van der Waals surface area contributed by atoms with Crippen molar-refractivity contribution in [2.45, 2.75) is 0 Å². The van der Waals surface area contributed by atoms with Crippen LogP contribution in [0.5, 0.6) is 0 Å². The molecule has 58 valence electrons. The first kappa shape index (κ1) is 7.81. The number of nitrogens with two attached hydrogens (primary N) is 1. The summed E-state index contributed by atoms with van der Waals surface area (Å²) in [6, 6.07) is 2.62. The van der Waals surface area contributed by atoms with Crippen LogP contribution in [0, 0.1) is 0 Å². The largest absolute Gasteiger partial charge is 0.477 e. The maximum absolute atomic E-state index is 10.3. The minimum atomic E-state index is -1.14. The first-order valence-corrected chi connectivity index (χ1v) is 3.14. The van der Waals surface area contributed by atoms with Crippen LogP contribution in [0.2, 0.25) is 5.02 Å². The molecular weight excluding hydrogens is 168 g/mol. The molecule has 0 aliphatic rings. The van der Waals surface area contributed by atoms with Gasteiger partial charge in [0.2, 0.25) is 0 Å². The van der Waals surface area contributed by atoms with Crippen molar-refractivity contribution in [3.05, 3.63) is 22.8 Å². The lowest BCUT2D eigenvalue weighted by Gasteiger charge is -1.96. The molecule has 0 saturated carbocycles. The van der Waals surface area contributed by atoms with Crippen LogP contribution in [0.25, 0.3) is 0 Å². The number of halogens is 1. The summed E-state index contributed by atoms with van der Waals surface area (Å²) in [7, 11) is 0. The summed E-state index contributed by atoms with van der Waals surface area (Å²) >= 11 is 5.51. The number of rotatable bonds is 1. The molecule has 4 nitrogen and oxygen atoms in total. The molecule has 0 saturated heterocycles. The predicted octanol–water partition coefficient (Wildman–Crippen LogP) is 1.02. The molecule has 0 aliphatic carbocycles. The van der Waals surface area contributed by atoms with Crippen molar-refractivity contribution >= 4 is 23.4 Å². The molecule has 1 aromatic rings. The van der Waals surface area contributed by atoms with Gasteiger partial charge in [-0.3, -0.25) is 0 Å². The summed E-state index contributed by atoms with van der Waals surface area (Å²) in [5.41, 5.74) is 5.09. The molecule has 11 heavy (non-hydrogen) atoms. The van der Waals surface area contributed by atoms with E-state index in [0.717, 1.165) is 0 Å².